The van der Waals surface area contributed by atoms with Gasteiger partial charge in [0, 0.05) is 13.0 Å². The van der Waals surface area contributed by atoms with Crippen LogP contribution in [0.3, 0.4) is 0 Å². The van der Waals surface area contributed by atoms with Crippen molar-refractivity contribution in [2.45, 2.75) is 45.1 Å². The van der Waals surface area contributed by atoms with Crippen molar-refractivity contribution >= 4 is 23.3 Å². The number of para-hydroxylation sites is 1. The van der Waals surface area contributed by atoms with Crippen molar-refractivity contribution in [1.29, 1.82) is 0 Å². The topological polar surface area (TPSA) is 81.9 Å². The molecule has 1 amide bonds. The second-order valence-electron chi connectivity index (χ2n) is 5.63. The number of nitrogens with zero attached hydrogens (tertiary/aromatic N) is 1. The van der Waals surface area contributed by atoms with Gasteiger partial charge in [-0.05, 0) is 31.4 Å². The standard InChI is InChI=1S/C17H24N2O4/c1-4-17(5-2)16(21)19(11-7-10-14(20)22-3)15-12(18)8-6-9-13(15)23-17/h6,8-9H,4-5,7,10-11,18H2,1-3H3. The maximum Gasteiger partial charge on any atom is 0.305 e. The van der Waals surface area contributed by atoms with Gasteiger partial charge in [0.25, 0.3) is 5.91 Å². The molecular weight excluding hydrogens is 296 g/mol. The molecule has 1 aromatic rings. The van der Waals surface area contributed by atoms with Crippen LogP contribution in [-0.4, -0.2) is 31.1 Å². The number of fused-ring (bicyclic) bond motifs is 1. The van der Waals surface area contributed by atoms with Crippen LogP contribution in [0.15, 0.2) is 18.2 Å². The summed E-state index contributed by atoms with van der Waals surface area (Å²) in [6, 6.07) is 5.38. The van der Waals surface area contributed by atoms with Crippen LogP contribution >= 0.6 is 0 Å². The van der Waals surface area contributed by atoms with Crippen LogP contribution in [0, 0.1) is 0 Å². The summed E-state index contributed by atoms with van der Waals surface area (Å²) in [5.74, 6) is 0.230. The van der Waals surface area contributed by atoms with E-state index in [1.807, 2.05) is 26.0 Å². The van der Waals surface area contributed by atoms with E-state index in [1.54, 1.807) is 11.0 Å². The molecule has 0 saturated heterocycles. The number of esters is 1. The molecule has 0 saturated carbocycles. The zero-order valence-corrected chi connectivity index (χ0v) is 13.9. The first kappa shape index (κ1) is 17.1. The Labute approximate surface area is 136 Å². The number of nitrogen functional groups attached to an aromatic ring is 1. The van der Waals surface area contributed by atoms with E-state index in [0.717, 1.165) is 0 Å². The Morgan fingerprint density at radius 1 is 1.35 bits per heavy atom. The lowest BCUT2D eigenvalue weighted by molar-refractivity contribution is -0.141. The SMILES string of the molecule is CCC1(CC)Oc2cccc(N)c2N(CCCC(=O)OC)C1=O. The molecule has 23 heavy (non-hydrogen) atoms. The van der Waals surface area contributed by atoms with Crippen molar-refractivity contribution < 1.29 is 19.1 Å². The maximum absolute atomic E-state index is 13.0. The van der Waals surface area contributed by atoms with Crippen molar-refractivity contribution in [1.82, 2.24) is 0 Å². The highest BCUT2D eigenvalue weighted by atomic mass is 16.5. The fourth-order valence-electron chi connectivity index (χ4n) is 2.91. The van der Waals surface area contributed by atoms with Crippen molar-refractivity contribution in [3.63, 3.8) is 0 Å². The summed E-state index contributed by atoms with van der Waals surface area (Å²) in [5.41, 5.74) is 6.28. The van der Waals surface area contributed by atoms with Crippen LogP contribution in [-0.2, 0) is 14.3 Å². The molecule has 0 unspecified atom stereocenters. The lowest BCUT2D eigenvalue weighted by atomic mass is 9.92. The molecule has 0 aromatic heterocycles. The molecule has 0 aliphatic carbocycles. The van der Waals surface area contributed by atoms with Crippen LogP contribution in [0.2, 0.25) is 0 Å². The number of methoxy groups -OCH3 is 1. The molecule has 126 valence electrons. The molecule has 1 aliphatic rings. The van der Waals surface area contributed by atoms with E-state index in [9.17, 15) is 9.59 Å². The molecule has 6 heteroatoms. The third-order valence-electron chi connectivity index (χ3n) is 4.37. The number of carbonyl (C=O) groups is 2. The maximum atomic E-state index is 13.0. The third-order valence-corrected chi connectivity index (χ3v) is 4.37. The van der Waals surface area contributed by atoms with Gasteiger partial charge in [-0.15, -0.1) is 0 Å². The number of carbonyl (C=O) groups excluding carboxylic acids is 2. The summed E-state index contributed by atoms with van der Waals surface area (Å²) in [5, 5.41) is 0. The van der Waals surface area contributed by atoms with E-state index < -0.39 is 5.60 Å². The Morgan fingerprint density at radius 2 is 2.04 bits per heavy atom. The molecule has 0 radical (unpaired) electrons. The summed E-state index contributed by atoms with van der Waals surface area (Å²) in [4.78, 5) is 26.0. The third kappa shape index (κ3) is 3.11. The first-order chi connectivity index (χ1) is 11.0. The van der Waals surface area contributed by atoms with Crippen LogP contribution in [0.25, 0.3) is 0 Å². The number of hydrogen-bond acceptors (Lipinski definition) is 5. The Balaban J connectivity index is 2.33. The number of rotatable bonds is 6. The number of hydrogen-bond donors (Lipinski definition) is 1. The van der Waals surface area contributed by atoms with Crippen LogP contribution in [0.1, 0.15) is 39.5 Å². The second kappa shape index (κ2) is 6.89. The van der Waals surface area contributed by atoms with Crippen molar-refractivity contribution in [2.75, 3.05) is 24.3 Å². The van der Waals surface area contributed by atoms with E-state index in [1.165, 1.54) is 7.11 Å². The Morgan fingerprint density at radius 3 is 2.65 bits per heavy atom. The smallest absolute Gasteiger partial charge is 0.305 e. The Hall–Kier alpha value is -2.24. The quantitative estimate of drug-likeness (QED) is 0.643. The molecule has 1 heterocycles. The van der Waals surface area contributed by atoms with E-state index >= 15 is 0 Å². The molecule has 0 spiro atoms. The predicted molar refractivity (Wildman–Crippen MR) is 88.4 cm³/mol. The fourth-order valence-corrected chi connectivity index (χ4v) is 2.91. The molecular formula is C17H24N2O4. The van der Waals surface area contributed by atoms with Crippen molar-refractivity contribution in [2.24, 2.45) is 0 Å². The predicted octanol–water partition coefficient (Wildman–Crippen LogP) is 2.51. The molecule has 6 nitrogen and oxygen atoms in total. The normalized spacial score (nSPS) is 15.8. The molecule has 1 aromatic carbocycles. The Bertz CT molecular complexity index is 596. The summed E-state index contributed by atoms with van der Waals surface area (Å²) >= 11 is 0. The molecule has 0 atom stereocenters. The van der Waals surface area contributed by atoms with E-state index in [4.69, 9.17) is 10.5 Å². The number of amides is 1. The number of anilines is 2. The van der Waals surface area contributed by atoms with Crippen LogP contribution < -0.4 is 15.4 Å². The number of nitrogens with two attached hydrogens (primary N) is 1. The zero-order chi connectivity index (χ0) is 17.0. The second-order valence-corrected chi connectivity index (χ2v) is 5.63. The van der Waals surface area contributed by atoms with E-state index in [0.29, 0.717) is 42.9 Å². The highest BCUT2D eigenvalue weighted by Gasteiger charge is 2.46. The average molecular weight is 320 g/mol. The first-order valence-corrected chi connectivity index (χ1v) is 7.95. The van der Waals surface area contributed by atoms with Gasteiger partial charge in [-0.25, -0.2) is 0 Å². The number of benzene rings is 1. The van der Waals surface area contributed by atoms with Crippen molar-refractivity contribution in [3.05, 3.63) is 18.2 Å². The van der Waals surface area contributed by atoms with Gasteiger partial charge >= 0.3 is 5.97 Å². The summed E-state index contributed by atoms with van der Waals surface area (Å²) < 4.78 is 10.7. The molecule has 0 fully saturated rings. The molecule has 2 N–H and O–H groups in total. The largest absolute Gasteiger partial charge is 0.475 e. The summed E-state index contributed by atoms with van der Waals surface area (Å²) in [7, 11) is 1.36. The summed E-state index contributed by atoms with van der Waals surface area (Å²) in [6.45, 7) is 4.27. The highest BCUT2D eigenvalue weighted by molar-refractivity contribution is 6.05. The van der Waals surface area contributed by atoms with Gasteiger partial charge in [0.15, 0.2) is 5.60 Å². The van der Waals surface area contributed by atoms with E-state index in [-0.39, 0.29) is 18.3 Å². The zero-order valence-electron chi connectivity index (χ0n) is 13.9. The highest BCUT2D eigenvalue weighted by Crippen LogP contribution is 2.43. The Kier molecular flexibility index (Phi) is 5.13. The lowest BCUT2D eigenvalue weighted by Crippen LogP contribution is -2.56. The first-order valence-electron chi connectivity index (χ1n) is 7.95. The minimum absolute atomic E-state index is 0.0993. The lowest BCUT2D eigenvalue weighted by Gasteiger charge is -2.42. The van der Waals surface area contributed by atoms with E-state index in [2.05, 4.69) is 4.74 Å². The van der Waals surface area contributed by atoms with Gasteiger partial charge in [-0.3, -0.25) is 9.59 Å². The fraction of sp³-hybridized carbons (Fsp3) is 0.529. The molecule has 1 aliphatic heterocycles. The monoisotopic (exact) mass is 320 g/mol. The van der Waals surface area contributed by atoms with Crippen LogP contribution in [0.5, 0.6) is 5.75 Å². The average Bonchev–Trinajstić information content (AvgIpc) is 2.56. The van der Waals surface area contributed by atoms with Gasteiger partial charge in [-0.1, -0.05) is 19.9 Å². The summed E-state index contributed by atoms with van der Waals surface area (Å²) in [6.07, 6.45) is 1.91. The van der Waals surface area contributed by atoms with Gasteiger partial charge in [0.2, 0.25) is 0 Å². The minimum atomic E-state index is -0.869. The molecule has 2 rings (SSSR count). The van der Waals surface area contributed by atoms with Crippen LogP contribution in [0.4, 0.5) is 11.4 Å². The van der Waals surface area contributed by atoms with Gasteiger partial charge < -0.3 is 20.1 Å². The van der Waals surface area contributed by atoms with Crippen molar-refractivity contribution in [3.8, 4) is 5.75 Å². The molecule has 0 bridgehead atoms. The van der Waals surface area contributed by atoms with Gasteiger partial charge in [0.05, 0.1) is 12.8 Å². The van der Waals surface area contributed by atoms with Gasteiger partial charge in [-0.2, -0.15) is 0 Å². The number of ether oxygens (including phenoxy) is 2. The minimum Gasteiger partial charge on any atom is -0.475 e. The van der Waals surface area contributed by atoms with Gasteiger partial charge in [0.1, 0.15) is 11.4 Å².